The molecule has 80 valence electrons. The zero-order valence-electron chi connectivity index (χ0n) is 8.69. The summed E-state index contributed by atoms with van der Waals surface area (Å²) in [4.78, 5) is 2.07. The molecule has 1 saturated heterocycles. The lowest BCUT2D eigenvalue weighted by Gasteiger charge is -2.19. The highest BCUT2D eigenvalue weighted by Crippen LogP contribution is 2.28. The summed E-state index contributed by atoms with van der Waals surface area (Å²) in [5, 5.41) is 3.92. The van der Waals surface area contributed by atoms with Crippen molar-refractivity contribution in [1.82, 2.24) is 5.32 Å². The molecular formula is C11H14N2OS. The van der Waals surface area contributed by atoms with E-state index in [0.29, 0.717) is 6.61 Å². The highest BCUT2D eigenvalue weighted by Gasteiger charge is 2.20. The number of benzene rings is 1. The van der Waals surface area contributed by atoms with Crippen LogP contribution in [0.25, 0.3) is 0 Å². The summed E-state index contributed by atoms with van der Waals surface area (Å²) in [5.74, 6) is 0.894. The van der Waals surface area contributed by atoms with E-state index < -0.39 is 0 Å². The number of nitrogens with one attached hydrogen (secondary N) is 1. The van der Waals surface area contributed by atoms with Gasteiger partial charge in [0.25, 0.3) is 0 Å². The van der Waals surface area contributed by atoms with Gasteiger partial charge in [0.05, 0.1) is 12.3 Å². The van der Waals surface area contributed by atoms with E-state index in [2.05, 4.69) is 10.2 Å². The monoisotopic (exact) mass is 222 g/mol. The maximum atomic E-state index is 5.57. The van der Waals surface area contributed by atoms with Gasteiger partial charge in [0.2, 0.25) is 0 Å². The minimum Gasteiger partial charge on any atom is -0.492 e. The summed E-state index contributed by atoms with van der Waals surface area (Å²) in [6.45, 7) is 4.46. The number of hydrogen-bond donors (Lipinski definition) is 1. The summed E-state index contributed by atoms with van der Waals surface area (Å²) in [6, 6.07) is 7.98. The Morgan fingerprint density at radius 1 is 1.47 bits per heavy atom. The minimum absolute atomic E-state index is 0.672. The van der Waals surface area contributed by atoms with Gasteiger partial charge >= 0.3 is 0 Å². The van der Waals surface area contributed by atoms with Crippen LogP contribution in [-0.2, 0) is 0 Å². The molecule has 0 unspecified atom stereocenters. The second-order valence-corrected chi connectivity index (χ2v) is 3.67. The van der Waals surface area contributed by atoms with E-state index in [9.17, 15) is 0 Å². The van der Waals surface area contributed by atoms with E-state index in [-0.39, 0.29) is 0 Å². The van der Waals surface area contributed by atoms with E-state index in [1.165, 1.54) is 0 Å². The Morgan fingerprint density at radius 3 is 2.93 bits per heavy atom. The second-order valence-electron chi connectivity index (χ2n) is 3.28. The van der Waals surface area contributed by atoms with Crippen molar-refractivity contribution in [2.24, 2.45) is 0 Å². The van der Waals surface area contributed by atoms with Crippen LogP contribution in [0.15, 0.2) is 24.3 Å². The van der Waals surface area contributed by atoms with Crippen molar-refractivity contribution in [2.45, 2.75) is 6.92 Å². The first-order valence-electron chi connectivity index (χ1n) is 5.10. The molecule has 0 aromatic heterocycles. The van der Waals surface area contributed by atoms with Crippen LogP contribution in [0.2, 0.25) is 0 Å². The normalized spacial score (nSPS) is 15.3. The quantitative estimate of drug-likeness (QED) is 0.788. The van der Waals surface area contributed by atoms with E-state index in [1.54, 1.807) is 0 Å². The van der Waals surface area contributed by atoms with Crippen molar-refractivity contribution >= 4 is 23.0 Å². The molecule has 1 N–H and O–H groups in total. The van der Waals surface area contributed by atoms with Gasteiger partial charge in [-0.2, -0.15) is 0 Å². The molecule has 0 atom stereocenters. The van der Waals surface area contributed by atoms with E-state index in [0.717, 1.165) is 29.6 Å². The molecule has 1 aromatic rings. The van der Waals surface area contributed by atoms with Gasteiger partial charge in [-0.3, -0.25) is 0 Å². The van der Waals surface area contributed by atoms with Gasteiger partial charge < -0.3 is 15.0 Å². The molecular weight excluding hydrogens is 208 g/mol. The fraction of sp³-hybridized carbons (Fsp3) is 0.364. The maximum absolute atomic E-state index is 5.57. The van der Waals surface area contributed by atoms with Gasteiger partial charge in [-0.1, -0.05) is 12.1 Å². The highest BCUT2D eigenvalue weighted by atomic mass is 32.1. The molecule has 0 saturated carbocycles. The Balaban J connectivity index is 2.29. The predicted molar refractivity (Wildman–Crippen MR) is 65.6 cm³/mol. The SMILES string of the molecule is CCOc1ccccc1N1CCNC1=S. The third-order valence-corrected chi connectivity index (χ3v) is 2.68. The van der Waals surface area contributed by atoms with Crippen molar-refractivity contribution in [1.29, 1.82) is 0 Å². The molecule has 15 heavy (non-hydrogen) atoms. The number of nitrogens with zero attached hydrogens (tertiary/aromatic N) is 1. The standard InChI is InChI=1S/C11H14N2OS/c1-2-14-10-6-4-3-5-9(10)13-8-7-12-11(13)15/h3-6H,2,7-8H2,1H3,(H,12,15). The topological polar surface area (TPSA) is 24.5 Å². The number of para-hydroxylation sites is 2. The fourth-order valence-electron chi connectivity index (χ4n) is 1.66. The molecule has 1 fully saturated rings. The molecule has 0 spiro atoms. The van der Waals surface area contributed by atoms with Crippen LogP contribution in [0.5, 0.6) is 5.75 Å². The summed E-state index contributed by atoms with van der Waals surface area (Å²) in [6.07, 6.45) is 0. The lowest BCUT2D eigenvalue weighted by Crippen LogP contribution is -2.27. The third-order valence-electron chi connectivity index (χ3n) is 2.31. The summed E-state index contributed by atoms with van der Waals surface area (Å²) < 4.78 is 5.57. The van der Waals surface area contributed by atoms with E-state index in [1.807, 2.05) is 31.2 Å². The van der Waals surface area contributed by atoms with Crippen molar-refractivity contribution in [3.8, 4) is 5.75 Å². The van der Waals surface area contributed by atoms with E-state index in [4.69, 9.17) is 17.0 Å². The molecule has 1 aromatic carbocycles. The molecule has 0 amide bonds. The summed E-state index contributed by atoms with van der Waals surface area (Å²) in [5.41, 5.74) is 1.05. The van der Waals surface area contributed by atoms with Gasteiger partial charge in [-0.15, -0.1) is 0 Å². The maximum Gasteiger partial charge on any atom is 0.173 e. The Morgan fingerprint density at radius 2 is 2.27 bits per heavy atom. The van der Waals surface area contributed by atoms with Gasteiger partial charge in [0.15, 0.2) is 5.11 Å². The first-order chi connectivity index (χ1) is 7.33. The number of anilines is 1. The molecule has 1 aliphatic rings. The summed E-state index contributed by atoms with van der Waals surface area (Å²) >= 11 is 5.23. The largest absolute Gasteiger partial charge is 0.492 e. The average molecular weight is 222 g/mol. The van der Waals surface area contributed by atoms with Crippen LogP contribution < -0.4 is 15.0 Å². The summed E-state index contributed by atoms with van der Waals surface area (Å²) in [7, 11) is 0. The van der Waals surface area contributed by atoms with Crippen molar-refractivity contribution < 1.29 is 4.74 Å². The molecule has 0 radical (unpaired) electrons. The molecule has 3 nitrogen and oxygen atoms in total. The molecule has 0 bridgehead atoms. The number of thiocarbonyl (C=S) groups is 1. The molecule has 1 aliphatic heterocycles. The van der Waals surface area contributed by atoms with Gasteiger partial charge in [-0.25, -0.2) is 0 Å². The Kier molecular flexibility index (Phi) is 3.06. The minimum atomic E-state index is 0.672. The van der Waals surface area contributed by atoms with Crippen LogP contribution in [0.1, 0.15) is 6.92 Å². The van der Waals surface area contributed by atoms with Crippen LogP contribution in [-0.4, -0.2) is 24.8 Å². The predicted octanol–water partition coefficient (Wildman–Crippen LogP) is 1.78. The molecule has 1 heterocycles. The Labute approximate surface area is 95.0 Å². The van der Waals surface area contributed by atoms with Crippen molar-refractivity contribution in [2.75, 3.05) is 24.6 Å². The lowest BCUT2D eigenvalue weighted by atomic mass is 10.2. The van der Waals surface area contributed by atoms with Gasteiger partial charge in [0.1, 0.15) is 5.75 Å². The van der Waals surface area contributed by atoms with Crippen molar-refractivity contribution in [3.63, 3.8) is 0 Å². The Hall–Kier alpha value is -1.29. The average Bonchev–Trinajstić information content (AvgIpc) is 2.66. The highest BCUT2D eigenvalue weighted by molar-refractivity contribution is 7.80. The molecule has 0 aliphatic carbocycles. The van der Waals surface area contributed by atoms with Gasteiger partial charge in [0, 0.05) is 13.1 Å². The Bertz CT molecular complexity index is 367. The molecule has 4 heteroatoms. The zero-order chi connectivity index (χ0) is 10.7. The first-order valence-corrected chi connectivity index (χ1v) is 5.51. The second kappa shape index (κ2) is 4.49. The third kappa shape index (κ3) is 2.04. The van der Waals surface area contributed by atoms with Crippen LogP contribution in [0.4, 0.5) is 5.69 Å². The zero-order valence-corrected chi connectivity index (χ0v) is 9.51. The lowest BCUT2D eigenvalue weighted by molar-refractivity contribution is 0.341. The van der Waals surface area contributed by atoms with Gasteiger partial charge in [-0.05, 0) is 31.3 Å². The van der Waals surface area contributed by atoms with Crippen LogP contribution in [0, 0.1) is 0 Å². The smallest absolute Gasteiger partial charge is 0.173 e. The first kappa shape index (κ1) is 10.2. The van der Waals surface area contributed by atoms with Crippen LogP contribution in [0.3, 0.4) is 0 Å². The van der Waals surface area contributed by atoms with E-state index >= 15 is 0 Å². The fourth-order valence-corrected chi connectivity index (χ4v) is 1.95. The number of hydrogen-bond acceptors (Lipinski definition) is 2. The number of rotatable bonds is 3. The van der Waals surface area contributed by atoms with Crippen molar-refractivity contribution in [3.05, 3.63) is 24.3 Å². The number of ether oxygens (including phenoxy) is 1. The molecule has 2 rings (SSSR count). The van der Waals surface area contributed by atoms with Crippen LogP contribution >= 0.6 is 12.2 Å².